The molecule has 0 N–H and O–H groups in total. The lowest BCUT2D eigenvalue weighted by molar-refractivity contribution is -0.305. The fourth-order valence-corrected chi connectivity index (χ4v) is 3.02. The quantitative estimate of drug-likeness (QED) is 0.620. The van der Waals surface area contributed by atoms with E-state index in [1.807, 2.05) is 31.2 Å². The maximum atomic E-state index is 12.1. The van der Waals surface area contributed by atoms with E-state index in [9.17, 15) is 14.7 Å². The topological polar surface area (TPSA) is 60.4 Å². The molecule has 1 saturated heterocycles. The molecular formula is C14H12NO3S2-. The number of thiocarbonyl (C=S) groups is 1. The summed E-state index contributed by atoms with van der Waals surface area (Å²) in [6.07, 6.45) is 1.54. The number of hydrogen-bond donors (Lipinski definition) is 0. The average molecular weight is 306 g/mol. The van der Waals surface area contributed by atoms with Crippen molar-refractivity contribution in [1.82, 2.24) is 4.90 Å². The first-order chi connectivity index (χ1) is 9.47. The summed E-state index contributed by atoms with van der Waals surface area (Å²) in [5.74, 6) is -1.44. The first-order valence-electron chi connectivity index (χ1n) is 5.99. The SMILES string of the molecule is Cc1ccc(/C=C2\SC(=S)N(CCC(=O)[O-])C2=O)cc1. The normalized spacial score (nSPS) is 17.1. The van der Waals surface area contributed by atoms with Crippen molar-refractivity contribution in [3.05, 3.63) is 40.3 Å². The van der Waals surface area contributed by atoms with Crippen LogP contribution in [0.3, 0.4) is 0 Å². The molecule has 1 aromatic carbocycles. The van der Waals surface area contributed by atoms with Gasteiger partial charge < -0.3 is 9.90 Å². The molecule has 0 radical (unpaired) electrons. The lowest BCUT2D eigenvalue weighted by Gasteiger charge is -2.14. The summed E-state index contributed by atoms with van der Waals surface area (Å²) in [6.45, 7) is 2.04. The molecule has 2 rings (SSSR count). The van der Waals surface area contributed by atoms with Crippen molar-refractivity contribution in [2.45, 2.75) is 13.3 Å². The van der Waals surface area contributed by atoms with E-state index in [1.165, 1.54) is 16.7 Å². The van der Waals surface area contributed by atoms with E-state index < -0.39 is 5.97 Å². The van der Waals surface area contributed by atoms with Gasteiger partial charge in [0.25, 0.3) is 5.91 Å². The van der Waals surface area contributed by atoms with E-state index in [4.69, 9.17) is 12.2 Å². The van der Waals surface area contributed by atoms with Crippen molar-refractivity contribution in [2.24, 2.45) is 0 Å². The van der Waals surface area contributed by atoms with Gasteiger partial charge in [-0.2, -0.15) is 0 Å². The van der Waals surface area contributed by atoms with Gasteiger partial charge in [-0.05, 0) is 18.6 Å². The number of benzene rings is 1. The Kier molecular flexibility index (Phi) is 4.57. The summed E-state index contributed by atoms with van der Waals surface area (Å²) in [5, 5.41) is 10.5. The highest BCUT2D eigenvalue weighted by Gasteiger charge is 2.31. The Labute approximate surface area is 126 Å². The molecule has 0 unspecified atom stereocenters. The van der Waals surface area contributed by atoms with Crippen molar-refractivity contribution in [3.63, 3.8) is 0 Å². The zero-order valence-electron chi connectivity index (χ0n) is 10.8. The van der Waals surface area contributed by atoms with E-state index in [-0.39, 0.29) is 18.9 Å². The third-order valence-corrected chi connectivity index (χ3v) is 4.17. The van der Waals surface area contributed by atoms with Crippen LogP contribution < -0.4 is 5.11 Å². The molecule has 1 heterocycles. The number of hydrogen-bond acceptors (Lipinski definition) is 5. The van der Waals surface area contributed by atoms with Crippen molar-refractivity contribution in [3.8, 4) is 0 Å². The Morgan fingerprint density at radius 1 is 1.40 bits per heavy atom. The van der Waals surface area contributed by atoms with E-state index in [0.29, 0.717) is 9.23 Å². The summed E-state index contributed by atoms with van der Waals surface area (Å²) in [6, 6.07) is 7.76. The van der Waals surface area contributed by atoms with E-state index in [1.54, 1.807) is 6.08 Å². The second kappa shape index (κ2) is 6.19. The first kappa shape index (κ1) is 14.7. The maximum absolute atomic E-state index is 12.1. The van der Waals surface area contributed by atoms with E-state index in [2.05, 4.69) is 0 Å². The number of carbonyl (C=O) groups excluding carboxylic acids is 2. The molecule has 0 bridgehead atoms. The Morgan fingerprint density at radius 2 is 2.05 bits per heavy atom. The van der Waals surface area contributed by atoms with Gasteiger partial charge in [-0.15, -0.1) is 0 Å². The molecule has 4 nitrogen and oxygen atoms in total. The van der Waals surface area contributed by atoms with Gasteiger partial charge in [0, 0.05) is 18.9 Å². The van der Waals surface area contributed by atoms with Crippen LogP contribution in [0, 0.1) is 6.92 Å². The van der Waals surface area contributed by atoms with Crippen molar-refractivity contribution in [1.29, 1.82) is 0 Å². The molecule has 20 heavy (non-hydrogen) atoms. The van der Waals surface area contributed by atoms with Gasteiger partial charge in [0.15, 0.2) is 0 Å². The smallest absolute Gasteiger partial charge is 0.266 e. The van der Waals surface area contributed by atoms with Gasteiger partial charge in [-0.25, -0.2) is 0 Å². The average Bonchev–Trinajstić information content (AvgIpc) is 2.65. The minimum absolute atomic E-state index is 0.0538. The highest BCUT2D eigenvalue weighted by molar-refractivity contribution is 8.26. The molecule has 1 amide bonds. The van der Waals surface area contributed by atoms with Gasteiger partial charge in [0.2, 0.25) is 0 Å². The Bertz CT molecular complexity index is 593. The van der Waals surface area contributed by atoms with Gasteiger partial charge in [-0.3, -0.25) is 9.69 Å². The van der Waals surface area contributed by atoms with Gasteiger partial charge in [-0.1, -0.05) is 53.8 Å². The van der Waals surface area contributed by atoms with E-state index >= 15 is 0 Å². The zero-order chi connectivity index (χ0) is 14.7. The number of aliphatic carboxylic acids is 1. The highest BCUT2D eigenvalue weighted by Crippen LogP contribution is 2.32. The van der Waals surface area contributed by atoms with Crippen LogP contribution in [0.5, 0.6) is 0 Å². The number of carboxylic acid groups (broad SMARTS) is 1. The van der Waals surface area contributed by atoms with Gasteiger partial charge in [0.1, 0.15) is 4.32 Å². The van der Waals surface area contributed by atoms with Crippen LogP contribution in [0.4, 0.5) is 0 Å². The second-order valence-corrected chi connectivity index (χ2v) is 6.04. The maximum Gasteiger partial charge on any atom is 0.266 e. The lowest BCUT2D eigenvalue weighted by atomic mass is 10.1. The molecule has 1 fully saturated rings. The highest BCUT2D eigenvalue weighted by atomic mass is 32.2. The number of carboxylic acids is 1. The summed E-state index contributed by atoms with van der Waals surface area (Å²) in [4.78, 5) is 24.4. The van der Waals surface area contributed by atoms with Gasteiger partial charge in [0.05, 0.1) is 4.91 Å². The largest absolute Gasteiger partial charge is 0.550 e. The number of carbonyl (C=O) groups is 2. The second-order valence-electron chi connectivity index (χ2n) is 4.37. The minimum Gasteiger partial charge on any atom is -0.550 e. The number of nitrogens with zero attached hydrogens (tertiary/aromatic N) is 1. The Morgan fingerprint density at radius 3 is 2.65 bits per heavy atom. The zero-order valence-corrected chi connectivity index (χ0v) is 12.4. The third-order valence-electron chi connectivity index (χ3n) is 2.79. The van der Waals surface area contributed by atoms with E-state index in [0.717, 1.165) is 11.1 Å². The summed E-state index contributed by atoms with van der Waals surface area (Å²) < 4.78 is 0.384. The summed E-state index contributed by atoms with van der Waals surface area (Å²) in [7, 11) is 0. The number of thioether (sulfide) groups is 1. The van der Waals surface area contributed by atoms with Crippen LogP contribution in [-0.2, 0) is 9.59 Å². The predicted molar refractivity (Wildman–Crippen MR) is 80.7 cm³/mol. The standard InChI is InChI=1S/C14H13NO3S2/c1-9-2-4-10(5-3-9)8-11-13(18)15(14(19)20-11)7-6-12(16)17/h2-5,8H,6-7H2,1H3,(H,16,17)/p-1/b11-8-. The van der Waals surface area contributed by atoms with Gasteiger partial charge >= 0.3 is 0 Å². The van der Waals surface area contributed by atoms with Crippen LogP contribution >= 0.6 is 24.0 Å². The van der Waals surface area contributed by atoms with Crippen LogP contribution in [0.15, 0.2) is 29.2 Å². The summed E-state index contributed by atoms with van der Waals surface area (Å²) in [5.41, 5.74) is 2.06. The Hall–Kier alpha value is -1.66. The number of aryl methyl sites for hydroxylation is 1. The van der Waals surface area contributed by atoms with Crippen molar-refractivity contribution < 1.29 is 14.7 Å². The third kappa shape index (κ3) is 3.46. The Balaban J connectivity index is 2.14. The molecule has 1 aliphatic heterocycles. The molecule has 0 spiro atoms. The fourth-order valence-electron chi connectivity index (χ4n) is 1.71. The van der Waals surface area contributed by atoms with Crippen LogP contribution in [0.25, 0.3) is 6.08 Å². The first-order valence-corrected chi connectivity index (χ1v) is 7.22. The molecular weight excluding hydrogens is 294 g/mol. The molecule has 6 heteroatoms. The van der Waals surface area contributed by atoms with Crippen LogP contribution in [0.2, 0.25) is 0 Å². The van der Waals surface area contributed by atoms with Crippen molar-refractivity contribution in [2.75, 3.05) is 6.54 Å². The molecule has 0 atom stereocenters. The number of amides is 1. The molecule has 0 aromatic heterocycles. The molecule has 0 saturated carbocycles. The minimum atomic E-state index is -1.19. The van der Waals surface area contributed by atoms with Crippen LogP contribution in [-0.4, -0.2) is 27.6 Å². The predicted octanol–water partition coefficient (Wildman–Crippen LogP) is 1.34. The molecule has 0 aliphatic carbocycles. The molecule has 104 valence electrons. The summed E-state index contributed by atoms with van der Waals surface area (Å²) >= 11 is 6.29. The fraction of sp³-hybridized carbons (Fsp3) is 0.214. The monoisotopic (exact) mass is 306 g/mol. The molecule has 1 aromatic rings. The van der Waals surface area contributed by atoms with Crippen LogP contribution in [0.1, 0.15) is 17.5 Å². The van der Waals surface area contributed by atoms with Crippen molar-refractivity contribution >= 4 is 46.3 Å². The number of rotatable bonds is 4. The lowest BCUT2D eigenvalue weighted by Crippen LogP contribution is -2.33. The molecule has 1 aliphatic rings.